The van der Waals surface area contributed by atoms with Gasteiger partial charge in [-0.1, -0.05) is 35.3 Å². The van der Waals surface area contributed by atoms with Gasteiger partial charge in [0.2, 0.25) is 0 Å². The highest BCUT2D eigenvalue weighted by molar-refractivity contribution is 7.90. The van der Waals surface area contributed by atoms with Crippen LogP contribution in [-0.2, 0) is 47.7 Å². The van der Waals surface area contributed by atoms with Gasteiger partial charge in [-0.2, -0.15) is 25.4 Å². The number of benzene rings is 2. The van der Waals surface area contributed by atoms with Crippen molar-refractivity contribution in [3.8, 4) is 0 Å². The molecule has 6 heterocycles. The first-order valence-electron chi connectivity index (χ1n) is 20.7. The van der Waals surface area contributed by atoms with Crippen LogP contribution in [0.15, 0.2) is 85.2 Å². The lowest BCUT2D eigenvalue weighted by atomic mass is 10.2. The number of pyridine rings is 2. The number of halogens is 2. The van der Waals surface area contributed by atoms with E-state index in [2.05, 4.69) is 19.8 Å². The van der Waals surface area contributed by atoms with E-state index in [1.54, 1.807) is 72.8 Å². The molecule has 2 N–H and O–H groups in total. The Morgan fingerprint density at radius 1 is 0.672 bits per heavy atom. The highest BCUT2D eigenvalue weighted by atomic mass is 35.5. The summed E-state index contributed by atoms with van der Waals surface area (Å²) in [6, 6.07) is 20.6. The summed E-state index contributed by atoms with van der Waals surface area (Å²) in [7, 11) is -6.39. The summed E-state index contributed by atoms with van der Waals surface area (Å²) in [6.07, 6.45) is 2.80. The van der Waals surface area contributed by atoms with Crippen LogP contribution in [0.3, 0.4) is 0 Å². The molecule has 0 amide bonds. The number of nitrogens with zero attached hydrogens (tertiary/aromatic N) is 8. The maximum atomic E-state index is 13.7. The number of methoxy groups -OCH3 is 1. The van der Waals surface area contributed by atoms with E-state index in [-0.39, 0.29) is 25.4 Å². The average Bonchev–Trinajstić information content (AvgIpc) is 3.26. The standard InChI is InChI=1S/C21H26ClN5O4S.C21H25ClN4O5S/c22-17-2-1-3-19(10-17)27(13-18-5-4-16(12-24-18)21(28)11-23)32(29,30)26-8-6-25(7-9-26)20-14-31-15-20;1-30-21(27)16-5-6-18(23-12-16)13-26(19-4-2-3-17(22)11-19)32(28,29)25-9-7-24(8-10-25)20-14-31-15-20/h1-5,10,12,20H,6-9,11,13-15,23H2;2-6,11-12,20H,7-10,13-15H2,1H3. The minimum absolute atomic E-state index is 0.000801. The molecule has 8 rings (SSSR count). The number of aromatic nitrogens is 2. The molecule has 0 aliphatic carbocycles. The first-order chi connectivity index (χ1) is 30.8. The Hall–Kier alpha value is -4.32. The fourth-order valence-corrected chi connectivity index (χ4v) is 11.0. The van der Waals surface area contributed by atoms with Gasteiger partial charge < -0.3 is 19.9 Å². The minimum Gasteiger partial charge on any atom is -0.465 e. The van der Waals surface area contributed by atoms with Gasteiger partial charge in [-0.3, -0.25) is 33.2 Å². The van der Waals surface area contributed by atoms with Crippen molar-refractivity contribution in [2.45, 2.75) is 25.2 Å². The van der Waals surface area contributed by atoms with Crippen LogP contribution in [0.2, 0.25) is 10.0 Å². The molecule has 4 fully saturated rings. The number of hydrogen-bond acceptors (Lipinski definition) is 14. The minimum atomic E-state index is -3.84. The number of Topliss-reactive ketones (excluding diaryl/α,β-unsaturated/α-hetero) is 1. The van der Waals surface area contributed by atoms with E-state index in [0.29, 0.717) is 135 Å². The molecule has 2 aromatic carbocycles. The summed E-state index contributed by atoms with van der Waals surface area (Å²) in [5.74, 6) is -0.726. The maximum Gasteiger partial charge on any atom is 0.339 e. The molecule has 22 heteroatoms. The molecule has 18 nitrogen and oxygen atoms in total. The van der Waals surface area contributed by atoms with Gasteiger partial charge in [-0.15, -0.1) is 0 Å². The summed E-state index contributed by atoms with van der Waals surface area (Å²) < 4.78 is 75.4. The Bertz CT molecular complexity index is 2280. The molecule has 344 valence electrons. The van der Waals surface area contributed by atoms with Crippen LogP contribution in [0.4, 0.5) is 11.4 Å². The maximum absolute atomic E-state index is 13.7. The summed E-state index contributed by atoms with van der Waals surface area (Å²) in [4.78, 5) is 36.5. The fraction of sp³-hybridized carbons (Fsp3) is 0.429. The van der Waals surface area contributed by atoms with Gasteiger partial charge in [0.05, 0.1) is 93.6 Å². The van der Waals surface area contributed by atoms with Crippen LogP contribution in [0.25, 0.3) is 0 Å². The van der Waals surface area contributed by atoms with Crippen molar-refractivity contribution in [1.29, 1.82) is 0 Å². The van der Waals surface area contributed by atoms with Crippen molar-refractivity contribution in [1.82, 2.24) is 28.4 Å². The summed E-state index contributed by atoms with van der Waals surface area (Å²) in [5.41, 5.74) is 7.99. The number of hydrogen-bond donors (Lipinski definition) is 1. The number of piperazine rings is 2. The lowest BCUT2D eigenvalue weighted by Gasteiger charge is -2.43. The van der Waals surface area contributed by atoms with Gasteiger partial charge in [-0.25, -0.2) is 4.79 Å². The third kappa shape index (κ3) is 11.4. The van der Waals surface area contributed by atoms with Gasteiger partial charge in [0.1, 0.15) is 0 Å². The molecule has 4 saturated heterocycles. The monoisotopic (exact) mass is 959 g/mol. The molecule has 0 radical (unpaired) electrons. The first-order valence-corrected chi connectivity index (χ1v) is 24.2. The highest BCUT2D eigenvalue weighted by Gasteiger charge is 2.38. The molecule has 0 spiro atoms. The second kappa shape index (κ2) is 21.3. The zero-order valence-corrected chi connectivity index (χ0v) is 38.4. The van der Waals surface area contributed by atoms with E-state index in [1.807, 2.05) is 0 Å². The van der Waals surface area contributed by atoms with Crippen molar-refractivity contribution in [3.63, 3.8) is 0 Å². The van der Waals surface area contributed by atoms with Crippen LogP contribution in [0.1, 0.15) is 32.1 Å². The average molecular weight is 961 g/mol. The molecule has 4 aliphatic rings. The molecule has 0 unspecified atom stereocenters. The van der Waals surface area contributed by atoms with E-state index < -0.39 is 26.4 Å². The number of carbonyl (C=O) groups excluding carboxylic acids is 2. The van der Waals surface area contributed by atoms with Crippen LogP contribution in [0, 0.1) is 0 Å². The molecule has 64 heavy (non-hydrogen) atoms. The Morgan fingerprint density at radius 2 is 1.09 bits per heavy atom. The lowest BCUT2D eigenvalue weighted by molar-refractivity contribution is -0.0721. The van der Waals surface area contributed by atoms with E-state index in [9.17, 15) is 26.4 Å². The number of esters is 1. The Morgan fingerprint density at radius 3 is 1.42 bits per heavy atom. The first kappa shape index (κ1) is 47.6. The Balaban J connectivity index is 0.000000191. The van der Waals surface area contributed by atoms with Crippen molar-refractivity contribution >= 4 is 66.7 Å². The van der Waals surface area contributed by atoms with Crippen molar-refractivity contribution in [2.24, 2.45) is 5.73 Å². The predicted octanol–water partition coefficient (Wildman–Crippen LogP) is 2.93. The lowest BCUT2D eigenvalue weighted by Crippen LogP contribution is -2.59. The second-order valence-electron chi connectivity index (χ2n) is 15.4. The Kier molecular flexibility index (Phi) is 15.9. The molecule has 2 aromatic heterocycles. The number of rotatable bonds is 15. The topological polar surface area (TPSA) is 201 Å². The molecule has 0 saturated carbocycles. The summed E-state index contributed by atoms with van der Waals surface area (Å²) in [5, 5.41) is 0.876. The number of anilines is 2. The predicted molar refractivity (Wildman–Crippen MR) is 242 cm³/mol. The number of ether oxygens (including phenoxy) is 3. The third-order valence-electron chi connectivity index (χ3n) is 11.4. The molecular formula is C42H51Cl2N9O9S2. The summed E-state index contributed by atoms with van der Waals surface area (Å²) >= 11 is 12.3. The van der Waals surface area contributed by atoms with E-state index in [1.165, 1.54) is 36.7 Å². The van der Waals surface area contributed by atoms with Crippen molar-refractivity contribution in [3.05, 3.63) is 118 Å². The highest BCUT2D eigenvalue weighted by Crippen LogP contribution is 2.29. The summed E-state index contributed by atoms with van der Waals surface area (Å²) in [6.45, 7) is 6.92. The third-order valence-corrected chi connectivity index (χ3v) is 15.7. The van der Waals surface area contributed by atoms with Crippen LogP contribution in [-0.4, -0.2) is 161 Å². The van der Waals surface area contributed by atoms with Gasteiger partial charge in [0.25, 0.3) is 0 Å². The Labute approximate surface area is 383 Å². The van der Waals surface area contributed by atoms with Crippen molar-refractivity contribution < 1.29 is 40.6 Å². The molecular weight excluding hydrogens is 910 g/mol. The molecule has 0 atom stereocenters. The smallest absolute Gasteiger partial charge is 0.339 e. The molecule has 4 aromatic rings. The molecule has 4 aliphatic heterocycles. The zero-order chi connectivity index (χ0) is 45.4. The number of carbonyl (C=O) groups is 2. The SMILES string of the molecule is COC(=O)c1ccc(CN(c2cccc(Cl)c2)S(=O)(=O)N2CCN(C3COC3)CC2)nc1.NCC(=O)c1ccc(CN(c2cccc(Cl)c2)S(=O)(=O)N2CCN(C3COC3)CC2)nc1. The van der Waals surface area contributed by atoms with E-state index in [0.717, 1.165) is 0 Å². The van der Waals surface area contributed by atoms with Crippen molar-refractivity contribution in [2.75, 3.05) is 101 Å². The van der Waals surface area contributed by atoms with Gasteiger partial charge in [0.15, 0.2) is 5.78 Å². The van der Waals surface area contributed by atoms with E-state index in [4.69, 9.17) is 43.1 Å². The van der Waals surface area contributed by atoms with Gasteiger partial charge in [-0.05, 0) is 60.7 Å². The quantitative estimate of drug-likeness (QED) is 0.135. The largest absolute Gasteiger partial charge is 0.465 e. The van der Waals surface area contributed by atoms with Crippen LogP contribution in [0.5, 0.6) is 0 Å². The normalized spacial score (nSPS) is 18.2. The van der Waals surface area contributed by atoms with Crippen LogP contribution >= 0.6 is 23.2 Å². The second-order valence-corrected chi connectivity index (χ2v) is 20.0. The van der Waals surface area contributed by atoms with E-state index >= 15 is 0 Å². The molecule has 0 bridgehead atoms. The van der Waals surface area contributed by atoms with Gasteiger partial charge in [0, 0.05) is 80.4 Å². The zero-order valence-electron chi connectivity index (χ0n) is 35.2. The number of ketones is 1. The van der Waals surface area contributed by atoms with Gasteiger partial charge >= 0.3 is 26.4 Å². The number of nitrogens with two attached hydrogens (primary N) is 1. The van der Waals surface area contributed by atoms with Crippen LogP contribution < -0.4 is 14.3 Å². The fourth-order valence-electron chi connectivity index (χ4n) is 7.47.